The summed E-state index contributed by atoms with van der Waals surface area (Å²) in [5.74, 6) is 1.97. The van der Waals surface area contributed by atoms with Gasteiger partial charge in [-0.2, -0.15) is 13.2 Å². The number of terminal acetylenes is 1. The quantitative estimate of drug-likeness (QED) is 0.681. The highest BCUT2D eigenvalue weighted by molar-refractivity contribution is 9.10. The summed E-state index contributed by atoms with van der Waals surface area (Å²) >= 11 is 3.21. The van der Waals surface area contributed by atoms with Crippen LogP contribution in [0.5, 0.6) is 0 Å². The first-order valence-electron chi connectivity index (χ1n) is 5.78. The van der Waals surface area contributed by atoms with E-state index in [9.17, 15) is 13.2 Å². The molecule has 0 fully saturated rings. The summed E-state index contributed by atoms with van der Waals surface area (Å²) in [5, 5.41) is 0. The summed E-state index contributed by atoms with van der Waals surface area (Å²) in [5.41, 5.74) is -2.37. The van der Waals surface area contributed by atoms with E-state index < -0.39 is 11.6 Å². The van der Waals surface area contributed by atoms with Gasteiger partial charge in [-0.3, -0.25) is 0 Å². The molecule has 0 radical (unpaired) electrons. The van der Waals surface area contributed by atoms with Gasteiger partial charge >= 0.3 is 6.18 Å². The lowest BCUT2D eigenvalue weighted by atomic mass is 9.74. The summed E-state index contributed by atoms with van der Waals surface area (Å²) in [7, 11) is 0. The van der Waals surface area contributed by atoms with Gasteiger partial charge in [0.1, 0.15) is 0 Å². The van der Waals surface area contributed by atoms with Gasteiger partial charge in [0.15, 0.2) is 5.41 Å². The van der Waals surface area contributed by atoms with Crippen molar-refractivity contribution < 1.29 is 13.2 Å². The van der Waals surface area contributed by atoms with E-state index in [1.54, 1.807) is 30.3 Å². The van der Waals surface area contributed by atoms with Crippen molar-refractivity contribution >= 4 is 15.9 Å². The van der Waals surface area contributed by atoms with E-state index in [0.29, 0.717) is 4.47 Å². The van der Waals surface area contributed by atoms with Crippen molar-refractivity contribution in [3.8, 4) is 12.3 Å². The van der Waals surface area contributed by atoms with Gasteiger partial charge in [-0.15, -0.1) is 6.42 Å². The van der Waals surface area contributed by atoms with Gasteiger partial charge in [-0.1, -0.05) is 64.3 Å². The van der Waals surface area contributed by atoms with Crippen LogP contribution in [0.4, 0.5) is 13.2 Å². The summed E-state index contributed by atoms with van der Waals surface area (Å²) in [6.07, 6.45) is 0.728. The first-order valence-corrected chi connectivity index (χ1v) is 6.57. The first kappa shape index (κ1) is 14.7. The molecular formula is C16H10BrF3. The van der Waals surface area contributed by atoms with Crippen LogP contribution < -0.4 is 0 Å². The van der Waals surface area contributed by atoms with E-state index >= 15 is 0 Å². The number of alkyl halides is 3. The minimum Gasteiger partial charge on any atom is -0.169 e. The van der Waals surface area contributed by atoms with Crippen molar-refractivity contribution in [3.63, 3.8) is 0 Å². The molecule has 1 unspecified atom stereocenters. The summed E-state index contributed by atoms with van der Waals surface area (Å²) in [6.45, 7) is 0. The Morgan fingerprint density at radius 1 is 0.850 bits per heavy atom. The van der Waals surface area contributed by atoms with Crippen LogP contribution in [0.25, 0.3) is 0 Å². The van der Waals surface area contributed by atoms with E-state index in [1.165, 1.54) is 24.3 Å². The van der Waals surface area contributed by atoms with Gasteiger partial charge in [-0.05, 0) is 23.3 Å². The highest BCUT2D eigenvalue weighted by Crippen LogP contribution is 2.46. The molecule has 0 nitrogen and oxygen atoms in total. The predicted octanol–water partition coefficient (Wildman–Crippen LogP) is 4.93. The standard InChI is InChI=1S/C16H10BrF3/c1-2-15(16(18,19)20,12-6-4-3-5-7-12)13-8-10-14(17)11-9-13/h1,3-11H. The largest absolute Gasteiger partial charge is 0.413 e. The maximum absolute atomic E-state index is 13.7. The normalized spacial score (nSPS) is 14.3. The van der Waals surface area contributed by atoms with Crippen molar-refractivity contribution in [2.45, 2.75) is 11.6 Å². The molecule has 102 valence electrons. The number of benzene rings is 2. The molecule has 0 saturated heterocycles. The zero-order valence-corrected chi connectivity index (χ0v) is 11.9. The predicted molar refractivity (Wildman–Crippen MR) is 76.3 cm³/mol. The Morgan fingerprint density at radius 2 is 1.35 bits per heavy atom. The van der Waals surface area contributed by atoms with Crippen molar-refractivity contribution in [3.05, 3.63) is 70.2 Å². The third-order valence-corrected chi connectivity index (χ3v) is 3.65. The SMILES string of the molecule is C#CC(c1ccccc1)(c1ccc(Br)cc1)C(F)(F)F. The van der Waals surface area contributed by atoms with Crippen LogP contribution in [-0.4, -0.2) is 6.18 Å². The van der Waals surface area contributed by atoms with Crippen LogP contribution in [0.1, 0.15) is 11.1 Å². The fourth-order valence-corrected chi connectivity index (χ4v) is 2.39. The van der Waals surface area contributed by atoms with Crippen LogP contribution in [0, 0.1) is 12.3 Å². The molecule has 2 aromatic carbocycles. The Balaban J connectivity index is 2.74. The van der Waals surface area contributed by atoms with Gasteiger partial charge < -0.3 is 0 Å². The van der Waals surface area contributed by atoms with Gasteiger partial charge in [0.05, 0.1) is 0 Å². The fraction of sp³-hybridized carbons (Fsp3) is 0.125. The number of rotatable bonds is 2. The average Bonchev–Trinajstić information content (AvgIpc) is 2.42. The zero-order chi connectivity index (χ0) is 14.8. The lowest BCUT2D eigenvalue weighted by Gasteiger charge is -2.32. The number of halogens is 4. The minimum atomic E-state index is -4.59. The van der Waals surface area contributed by atoms with E-state index in [2.05, 4.69) is 15.9 Å². The molecule has 20 heavy (non-hydrogen) atoms. The van der Waals surface area contributed by atoms with E-state index in [0.717, 1.165) is 0 Å². The molecule has 0 amide bonds. The van der Waals surface area contributed by atoms with E-state index in [1.807, 2.05) is 5.92 Å². The summed E-state index contributed by atoms with van der Waals surface area (Å²) in [4.78, 5) is 0. The molecule has 0 heterocycles. The first-order chi connectivity index (χ1) is 9.41. The molecule has 0 aliphatic carbocycles. The molecule has 0 aromatic heterocycles. The molecule has 0 spiro atoms. The summed E-state index contributed by atoms with van der Waals surface area (Å²) in [6, 6.07) is 13.4. The van der Waals surface area contributed by atoms with E-state index in [4.69, 9.17) is 6.42 Å². The zero-order valence-electron chi connectivity index (χ0n) is 10.3. The smallest absolute Gasteiger partial charge is 0.169 e. The van der Waals surface area contributed by atoms with E-state index in [-0.39, 0.29) is 11.1 Å². The highest BCUT2D eigenvalue weighted by atomic mass is 79.9. The molecular weight excluding hydrogens is 329 g/mol. The maximum Gasteiger partial charge on any atom is 0.413 e. The van der Waals surface area contributed by atoms with Gasteiger partial charge in [0, 0.05) is 4.47 Å². The Hall–Kier alpha value is -1.73. The van der Waals surface area contributed by atoms with Crippen LogP contribution in [0.2, 0.25) is 0 Å². The third-order valence-electron chi connectivity index (χ3n) is 3.13. The Morgan fingerprint density at radius 3 is 1.80 bits per heavy atom. The van der Waals surface area contributed by atoms with Crippen molar-refractivity contribution in [2.24, 2.45) is 0 Å². The topological polar surface area (TPSA) is 0 Å². The summed E-state index contributed by atoms with van der Waals surface area (Å²) < 4.78 is 41.8. The lowest BCUT2D eigenvalue weighted by Crippen LogP contribution is -2.42. The number of hydrogen-bond donors (Lipinski definition) is 0. The van der Waals surface area contributed by atoms with Crippen molar-refractivity contribution in [1.29, 1.82) is 0 Å². The second-order valence-electron chi connectivity index (χ2n) is 4.27. The monoisotopic (exact) mass is 338 g/mol. The van der Waals surface area contributed by atoms with Gasteiger partial charge in [0.25, 0.3) is 0 Å². The van der Waals surface area contributed by atoms with Crippen molar-refractivity contribution in [1.82, 2.24) is 0 Å². The Labute approximate surface area is 123 Å². The molecule has 2 rings (SSSR count). The molecule has 0 N–H and O–H groups in total. The molecule has 0 bridgehead atoms. The van der Waals surface area contributed by atoms with Crippen LogP contribution >= 0.6 is 15.9 Å². The molecule has 0 saturated carbocycles. The second kappa shape index (κ2) is 5.34. The Kier molecular flexibility index (Phi) is 3.92. The second-order valence-corrected chi connectivity index (χ2v) is 5.18. The van der Waals surface area contributed by atoms with Crippen LogP contribution in [0.15, 0.2) is 59.1 Å². The van der Waals surface area contributed by atoms with Crippen molar-refractivity contribution in [2.75, 3.05) is 0 Å². The maximum atomic E-state index is 13.7. The molecule has 4 heteroatoms. The number of hydrogen-bond acceptors (Lipinski definition) is 0. The fourth-order valence-electron chi connectivity index (χ4n) is 2.13. The lowest BCUT2D eigenvalue weighted by molar-refractivity contribution is -0.161. The molecule has 2 aromatic rings. The molecule has 0 aliphatic rings. The highest BCUT2D eigenvalue weighted by Gasteiger charge is 2.56. The van der Waals surface area contributed by atoms with Gasteiger partial charge in [-0.25, -0.2) is 0 Å². The molecule has 0 aliphatic heterocycles. The Bertz CT molecular complexity index is 624. The average molecular weight is 339 g/mol. The minimum absolute atomic E-state index is 0.0295. The molecule has 1 atom stereocenters. The third kappa shape index (κ3) is 2.34. The van der Waals surface area contributed by atoms with Crippen LogP contribution in [-0.2, 0) is 5.41 Å². The van der Waals surface area contributed by atoms with Crippen LogP contribution in [0.3, 0.4) is 0 Å². The van der Waals surface area contributed by atoms with Gasteiger partial charge in [0.2, 0.25) is 0 Å².